The van der Waals surface area contributed by atoms with Crippen molar-refractivity contribution in [3.8, 4) is 0 Å². The van der Waals surface area contributed by atoms with E-state index >= 15 is 0 Å². The highest BCUT2D eigenvalue weighted by atomic mass is 32.2. The number of halogens is 4. The Hall–Kier alpha value is -3.52. The molecule has 2 aromatic rings. The van der Waals surface area contributed by atoms with Gasteiger partial charge in [-0.1, -0.05) is 30.3 Å². The number of aliphatic imine (C=N–C) groups is 1. The van der Waals surface area contributed by atoms with E-state index in [0.29, 0.717) is 18.5 Å². The van der Waals surface area contributed by atoms with Gasteiger partial charge in [0.1, 0.15) is 11.7 Å². The molecule has 0 saturated heterocycles. The standard InChI is InChI=1S/C24H31FN4O3S.C2HF3O2/c1-18-6-11-21(25)17-22(18)33(31,32)29(3)15-4-5-23(30)28(2)16-12-19-7-9-20(10-8-19)24-26-13-14-27-24;3-2(4,5)1(6)7/h6-11,17H,4-5,12-16H2,1-3H3,(H,26,27);(H,6,7). The maximum atomic E-state index is 13.5. The number of nitrogens with zero attached hydrogens (tertiary/aromatic N) is 3. The molecule has 220 valence electrons. The molecule has 3 rings (SSSR count). The van der Waals surface area contributed by atoms with E-state index in [1.165, 1.54) is 23.5 Å². The molecule has 40 heavy (non-hydrogen) atoms. The van der Waals surface area contributed by atoms with Gasteiger partial charge in [0, 0.05) is 45.7 Å². The number of carboxylic acids is 1. The van der Waals surface area contributed by atoms with Crippen LogP contribution in [0.25, 0.3) is 0 Å². The van der Waals surface area contributed by atoms with Gasteiger partial charge in [-0.2, -0.15) is 13.2 Å². The molecular formula is C26H32F4N4O5S. The second-order valence-corrected chi connectivity index (χ2v) is 11.1. The summed E-state index contributed by atoms with van der Waals surface area (Å²) in [7, 11) is -0.608. The summed E-state index contributed by atoms with van der Waals surface area (Å²) in [6.45, 7) is 4.06. The highest BCUT2D eigenvalue weighted by molar-refractivity contribution is 7.89. The molecular weight excluding hydrogens is 556 g/mol. The summed E-state index contributed by atoms with van der Waals surface area (Å²) < 4.78 is 71.9. The number of aryl methyl sites for hydroxylation is 1. The van der Waals surface area contributed by atoms with Crippen molar-refractivity contribution in [3.63, 3.8) is 0 Å². The maximum Gasteiger partial charge on any atom is 0.490 e. The summed E-state index contributed by atoms with van der Waals surface area (Å²) in [5.41, 5.74) is 2.68. The summed E-state index contributed by atoms with van der Waals surface area (Å²) in [6.07, 6.45) is -3.73. The van der Waals surface area contributed by atoms with E-state index in [1.807, 2.05) is 24.3 Å². The lowest BCUT2D eigenvalue weighted by atomic mass is 10.1. The summed E-state index contributed by atoms with van der Waals surface area (Å²) in [4.78, 5) is 27.4. The van der Waals surface area contributed by atoms with Gasteiger partial charge >= 0.3 is 12.1 Å². The molecule has 0 fully saturated rings. The van der Waals surface area contributed by atoms with Gasteiger partial charge < -0.3 is 15.3 Å². The number of alkyl halides is 3. The number of benzene rings is 2. The highest BCUT2D eigenvalue weighted by Gasteiger charge is 2.38. The van der Waals surface area contributed by atoms with Crippen molar-refractivity contribution in [3.05, 3.63) is 65.0 Å². The number of rotatable bonds is 10. The summed E-state index contributed by atoms with van der Waals surface area (Å²) in [5, 5.41) is 10.4. The quantitative estimate of drug-likeness (QED) is 0.412. The molecule has 1 aliphatic rings. The lowest BCUT2D eigenvalue weighted by molar-refractivity contribution is -0.192. The Morgan fingerprint density at radius 1 is 1.07 bits per heavy atom. The number of amides is 1. The first-order valence-electron chi connectivity index (χ1n) is 12.3. The van der Waals surface area contributed by atoms with Crippen molar-refractivity contribution in [2.24, 2.45) is 4.99 Å². The van der Waals surface area contributed by atoms with Crippen molar-refractivity contribution in [2.45, 2.75) is 37.3 Å². The molecule has 0 atom stereocenters. The van der Waals surface area contributed by atoms with E-state index in [4.69, 9.17) is 9.90 Å². The zero-order chi connectivity index (χ0) is 30.1. The molecule has 0 radical (unpaired) electrons. The fourth-order valence-corrected chi connectivity index (χ4v) is 5.07. The topological polar surface area (TPSA) is 119 Å². The highest BCUT2D eigenvalue weighted by Crippen LogP contribution is 2.20. The van der Waals surface area contributed by atoms with E-state index in [1.54, 1.807) is 18.9 Å². The smallest absolute Gasteiger partial charge is 0.475 e. The van der Waals surface area contributed by atoms with E-state index in [2.05, 4.69) is 10.3 Å². The fraction of sp³-hybridized carbons (Fsp3) is 0.423. The Morgan fingerprint density at radius 2 is 1.70 bits per heavy atom. The van der Waals surface area contributed by atoms with Crippen LogP contribution in [0.5, 0.6) is 0 Å². The Morgan fingerprint density at radius 3 is 2.25 bits per heavy atom. The molecule has 0 aromatic heterocycles. The number of carbonyl (C=O) groups is 2. The van der Waals surface area contributed by atoms with Gasteiger partial charge in [-0.15, -0.1) is 0 Å². The SMILES string of the molecule is Cc1ccc(F)cc1S(=O)(=O)N(C)CCCC(=O)N(C)CCc1ccc(C2=NCCN2)cc1.O=C(O)C(F)(F)F. The van der Waals surface area contributed by atoms with Gasteiger partial charge in [-0.3, -0.25) is 9.79 Å². The second kappa shape index (κ2) is 14.2. The molecule has 2 N–H and O–H groups in total. The Balaban J connectivity index is 0.000000708. The zero-order valence-electron chi connectivity index (χ0n) is 22.3. The molecule has 14 heteroatoms. The van der Waals surface area contributed by atoms with Crippen LogP contribution in [0.4, 0.5) is 17.6 Å². The zero-order valence-corrected chi connectivity index (χ0v) is 23.1. The van der Waals surface area contributed by atoms with E-state index in [-0.39, 0.29) is 23.8 Å². The maximum absolute atomic E-state index is 13.5. The predicted octanol–water partition coefficient (Wildman–Crippen LogP) is 3.22. The third-order valence-electron chi connectivity index (χ3n) is 6.01. The lowest BCUT2D eigenvalue weighted by Crippen LogP contribution is -2.31. The van der Waals surface area contributed by atoms with E-state index in [0.717, 1.165) is 42.5 Å². The van der Waals surface area contributed by atoms with E-state index < -0.39 is 28.0 Å². The van der Waals surface area contributed by atoms with Gasteiger partial charge in [0.05, 0.1) is 11.4 Å². The first kappa shape index (κ1) is 32.7. The van der Waals surface area contributed by atoms with Gasteiger partial charge in [0.15, 0.2) is 0 Å². The van der Waals surface area contributed by atoms with Crippen molar-refractivity contribution >= 4 is 27.7 Å². The molecule has 0 spiro atoms. The van der Waals surface area contributed by atoms with Crippen LogP contribution < -0.4 is 5.32 Å². The number of amidine groups is 1. The van der Waals surface area contributed by atoms with Crippen LogP contribution in [-0.2, 0) is 26.0 Å². The molecule has 9 nitrogen and oxygen atoms in total. The number of carbonyl (C=O) groups excluding carboxylic acids is 1. The Kier molecular flexibility index (Phi) is 11.6. The molecule has 0 bridgehead atoms. The average Bonchev–Trinajstić information content (AvgIpc) is 3.43. The molecule has 2 aromatic carbocycles. The summed E-state index contributed by atoms with van der Waals surface area (Å²) >= 11 is 0. The number of carboxylic acid groups (broad SMARTS) is 1. The Labute approximate surface area is 230 Å². The summed E-state index contributed by atoms with van der Waals surface area (Å²) in [6, 6.07) is 11.9. The van der Waals surface area contributed by atoms with Crippen LogP contribution in [0.3, 0.4) is 0 Å². The number of hydrogen-bond donors (Lipinski definition) is 2. The second-order valence-electron chi connectivity index (χ2n) is 9.06. The third-order valence-corrected chi connectivity index (χ3v) is 8.01. The van der Waals surface area contributed by atoms with Crippen LogP contribution in [0, 0.1) is 12.7 Å². The Bertz CT molecular complexity index is 1320. The van der Waals surface area contributed by atoms with Gasteiger partial charge in [-0.25, -0.2) is 21.9 Å². The van der Waals surface area contributed by atoms with Crippen molar-refractivity contribution in [1.29, 1.82) is 0 Å². The van der Waals surface area contributed by atoms with Gasteiger partial charge in [-0.05, 0) is 43.0 Å². The largest absolute Gasteiger partial charge is 0.490 e. The van der Waals surface area contributed by atoms with Crippen LogP contribution in [0.15, 0.2) is 52.4 Å². The van der Waals surface area contributed by atoms with Crippen molar-refractivity contribution in [1.82, 2.24) is 14.5 Å². The molecule has 0 saturated carbocycles. The minimum Gasteiger partial charge on any atom is -0.475 e. The van der Waals surface area contributed by atoms with Gasteiger partial charge in [0.2, 0.25) is 15.9 Å². The number of hydrogen-bond acceptors (Lipinski definition) is 6. The number of aliphatic carboxylic acids is 1. The van der Waals surface area contributed by atoms with Crippen LogP contribution >= 0.6 is 0 Å². The molecule has 1 aliphatic heterocycles. The first-order valence-corrected chi connectivity index (χ1v) is 13.7. The van der Waals surface area contributed by atoms with Gasteiger partial charge in [0.25, 0.3) is 0 Å². The molecule has 0 unspecified atom stereocenters. The number of likely N-dealkylation sites (N-methyl/N-ethyl adjacent to an activating group) is 1. The number of sulfonamides is 1. The number of nitrogens with one attached hydrogen (secondary N) is 1. The van der Waals surface area contributed by atoms with Crippen molar-refractivity contribution < 1.29 is 40.7 Å². The minimum atomic E-state index is -5.08. The predicted molar refractivity (Wildman–Crippen MR) is 141 cm³/mol. The monoisotopic (exact) mass is 588 g/mol. The minimum absolute atomic E-state index is 0.0381. The van der Waals surface area contributed by atoms with Crippen molar-refractivity contribution in [2.75, 3.05) is 40.3 Å². The fourth-order valence-electron chi connectivity index (χ4n) is 3.63. The molecule has 1 heterocycles. The van der Waals surface area contributed by atoms with Crippen LogP contribution in [-0.4, -0.2) is 86.9 Å². The lowest BCUT2D eigenvalue weighted by Gasteiger charge is -2.20. The summed E-state index contributed by atoms with van der Waals surface area (Å²) in [5.74, 6) is -2.47. The van der Waals surface area contributed by atoms with Crippen LogP contribution in [0.1, 0.15) is 29.5 Å². The van der Waals surface area contributed by atoms with E-state index in [9.17, 15) is 30.8 Å². The van der Waals surface area contributed by atoms with Crippen LogP contribution in [0.2, 0.25) is 0 Å². The molecule has 0 aliphatic carbocycles. The normalized spacial score (nSPS) is 13.2. The molecule has 1 amide bonds. The first-order chi connectivity index (χ1) is 18.6. The average molecular weight is 589 g/mol. The third kappa shape index (κ3) is 9.59.